The average Bonchev–Trinajstić information content (AvgIpc) is 2.81. The molecule has 17 heavy (non-hydrogen) atoms. The summed E-state index contributed by atoms with van der Waals surface area (Å²) < 4.78 is -0.278. The quantitative estimate of drug-likeness (QED) is 0.503. The van der Waals surface area contributed by atoms with Gasteiger partial charge in [-0.05, 0) is 18.9 Å². The zero-order valence-corrected chi connectivity index (χ0v) is 12.5. The van der Waals surface area contributed by atoms with E-state index in [-0.39, 0.29) is 9.14 Å². The smallest absolute Gasteiger partial charge is 0.248 e. The summed E-state index contributed by atoms with van der Waals surface area (Å²) in [6, 6.07) is 9.63. The molecule has 1 N–H and O–H groups in total. The Bertz CT molecular complexity index is 459. The number of benzene rings is 1. The van der Waals surface area contributed by atoms with Crippen molar-refractivity contribution in [2.24, 2.45) is 10.5 Å². The molecule has 1 aliphatic carbocycles. The maximum atomic E-state index is 11.8. The van der Waals surface area contributed by atoms with Crippen LogP contribution in [0.5, 0.6) is 0 Å². The lowest BCUT2D eigenvalue weighted by atomic mass is 10.1. The summed E-state index contributed by atoms with van der Waals surface area (Å²) in [6.07, 6.45) is 2.39. The summed E-state index contributed by atoms with van der Waals surface area (Å²) in [5.41, 5.74) is 3.09. The third kappa shape index (κ3) is 2.60. The highest BCUT2D eigenvalue weighted by Gasteiger charge is 2.66. The molecule has 0 unspecified atom stereocenters. The maximum absolute atomic E-state index is 11.8. The first kappa shape index (κ1) is 12.8. The summed E-state index contributed by atoms with van der Waals surface area (Å²) in [6.45, 7) is 1.89. The number of hydrogen-bond acceptors (Lipinski definition) is 2. The molecular weight excluding hydrogens is 348 g/mol. The minimum Gasteiger partial charge on any atom is -0.272 e. The van der Waals surface area contributed by atoms with Crippen LogP contribution in [0.15, 0.2) is 35.4 Å². The lowest BCUT2D eigenvalue weighted by molar-refractivity contribution is -0.125. The number of hydrazone groups is 1. The van der Waals surface area contributed by atoms with Crippen molar-refractivity contribution in [3.05, 3.63) is 35.9 Å². The lowest BCUT2D eigenvalue weighted by Gasteiger charge is -2.09. The minimum atomic E-state index is -0.430. The van der Waals surface area contributed by atoms with Gasteiger partial charge in [-0.2, -0.15) is 5.10 Å². The molecule has 5 heteroatoms. The second kappa shape index (κ2) is 4.53. The first-order valence-corrected chi connectivity index (χ1v) is 6.81. The van der Waals surface area contributed by atoms with Gasteiger partial charge in [0.05, 0.1) is 14.9 Å². The van der Waals surface area contributed by atoms with Gasteiger partial charge in [0.1, 0.15) is 0 Å². The first-order chi connectivity index (χ1) is 7.96. The summed E-state index contributed by atoms with van der Waals surface area (Å²) >= 11 is 6.90. The number of rotatable bonds is 3. The molecule has 3 nitrogen and oxygen atoms in total. The largest absolute Gasteiger partial charge is 0.272 e. The minimum absolute atomic E-state index is 0.0848. The van der Waals surface area contributed by atoms with Crippen molar-refractivity contribution in [1.29, 1.82) is 0 Å². The fraction of sp³-hybridized carbons (Fsp3) is 0.333. The van der Waals surface area contributed by atoms with E-state index in [1.54, 1.807) is 6.21 Å². The van der Waals surface area contributed by atoms with Crippen LogP contribution in [0.4, 0.5) is 0 Å². The van der Waals surface area contributed by atoms with E-state index in [1.165, 1.54) is 0 Å². The van der Waals surface area contributed by atoms with Crippen molar-refractivity contribution >= 4 is 44.0 Å². The molecule has 1 fully saturated rings. The van der Waals surface area contributed by atoms with Crippen LogP contribution in [-0.4, -0.2) is 15.4 Å². The van der Waals surface area contributed by atoms with Gasteiger partial charge in [-0.25, -0.2) is 5.43 Å². The Morgan fingerprint density at radius 2 is 2.00 bits per heavy atom. The highest BCUT2D eigenvalue weighted by Crippen LogP contribution is 2.66. The third-order valence-corrected chi connectivity index (χ3v) is 5.25. The Morgan fingerprint density at radius 1 is 1.41 bits per heavy atom. The van der Waals surface area contributed by atoms with E-state index in [4.69, 9.17) is 0 Å². The summed E-state index contributed by atoms with van der Waals surface area (Å²) in [5.74, 6) is -0.0848. The van der Waals surface area contributed by atoms with Gasteiger partial charge >= 0.3 is 0 Å². The fourth-order valence-corrected chi connectivity index (χ4v) is 2.96. The molecule has 0 aromatic heterocycles. The predicted molar refractivity (Wildman–Crippen MR) is 75.5 cm³/mol. The molecule has 0 spiro atoms. The van der Waals surface area contributed by atoms with Crippen molar-refractivity contribution in [2.75, 3.05) is 0 Å². The Kier molecular flexibility index (Phi) is 3.41. The average molecular weight is 360 g/mol. The topological polar surface area (TPSA) is 41.5 Å². The zero-order valence-electron chi connectivity index (χ0n) is 9.28. The number of halogens is 2. The van der Waals surface area contributed by atoms with E-state index < -0.39 is 5.41 Å². The van der Waals surface area contributed by atoms with Crippen LogP contribution in [0.25, 0.3) is 0 Å². The molecule has 2 rings (SSSR count). The van der Waals surface area contributed by atoms with Crippen molar-refractivity contribution in [3.63, 3.8) is 0 Å². The van der Waals surface area contributed by atoms with Gasteiger partial charge in [-0.3, -0.25) is 4.79 Å². The monoisotopic (exact) mass is 358 g/mol. The first-order valence-electron chi connectivity index (χ1n) is 5.22. The molecule has 1 aromatic carbocycles. The van der Waals surface area contributed by atoms with Gasteiger partial charge in [-0.15, -0.1) is 0 Å². The molecule has 1 amide bonds. The predicted octanol–water partition coefficient (Wildman–Crippen LogP) is 3.03. The SMILES string of the molecule is C[C@@]1(C(=O)N/N=C\c2ccccc2)CC1(Br)Br. The van der Waals surface area contributed by atoms with E-state index in [0.717, 1.165) is 12.0 Å². The van der Waals surface area contributed by atoms with E-state index in [1.807, 2.05) is 37.3 Å². The second-order valence-corrected chi connectivity index (χ2v) is 8.09. The lowest BCUT2D eigenvalue weighted by Crippen LogP contribution is -2.29. The van der Waals surface area contributed by atoms with Crippen molar-refractivity contribution < 1.29 is 4.79 Å². The van der Waals surface area contributed by atoms with Gasteiger partial charge in [0.2, 0.25) is 5.91 Å². The fourth-order valence-electron chi connectivity index (χ4n) is 1.47. The van der Waals surface area contributed by atoms with Crippen LogP contribution in [-0.2, 0) is 4.79 Å². The summed E-state index contributed by atoms with van der Waals surface area (Å²) in [4.78, 5) is 11.8. The van der Waals surface area contributed by atoms with E-state index in [9.17, 15) is 4.79 Å². The van der Waals surface area contributed by atoms with Crippen LogP contribution in [0, 0.1) is 5.41 Å². The molecule has 0 heterocycles. The molecule has 0 saturated heterocycles. The highest BCUT2D eigenvalue weighted by molar-refractivity contribution is 9.25. The van der Waals surface area contributed by atoms with Crippen LogP contribution >= 0.6 is 31.9 Å². The van der Waals surface area contributed by atoms with Crippen LogP contribution in [0.1, 0.15) is 18.9 Å². The molecule has 90 valence electrons. The number of nitrogens with one attached hydrogen (secondary N) is 1. The molecule has 1 saturated carbocycles. The molecule has 0 radical (unpaired) electrons. The summed E-state index contributed by atoms with van der Waals surface area (Å²) in [5, 5.41) is 3.95. The molecule has 1 aliphatic rings. The van der Waals surface area contributed by atoms with Gasteiger partial charge in [0.15, 0.2) is 0 Å². The normalized spacial score (nSPS) is 25.8. The zero-order chi connectivity index (χ0) is 12.5. The van der Waals surface area contributed by atoms with E-state index in [0.29, 0.717) is 0 Å². The number of nitrogens with zero attached hydrogens (tertiary/aromatic N) is 1. The standard InChI is InChI=1S/C12H12Br2N2O/c1-11(8-12(11,13)14)10(17)16-15-7-9-5-3-2-4-6-9/h2-7H,8H2,1H3,(H,16,17)/b15-7-/t11-/m0/s1. The number of hydrogen-bond donors (Lipinski definition) is 1. The molecule has 0 bridgehead atoms. The Labute approximate surface area is 117 Å². The Hall–Kier alpha value is -0.680. The highest BCUT2D eigenvalue weighted by atomic mass is 79.9. The maximum Gasteiger partial charge on any atom is 0.248 e. The Balaban J connectivity index is 1.92. The summed E-state index contributed by atoms with van der Waals surface area (Å²) in [7, 11) is 0. The van der Waals surface area contributed by atoms with Crippen molar-refractivity contribution in [1.82, 2.24) is 5.43 Å². The molecule has 1 atom stereocenters. The Morgan fingerprint density at radius 3 is 2.53 bits per heavy atom. The van der Waals surface area contributed by atoms with Crippen LogP contribution < -0.4 is 5.43 Å². The van der Waals surface area contributed by atoms with Gasteiger partial charge in [-0.1, -0.05) is 62.2 Å². The number of alkyl halides is 2. The van der Waals surface area contributed by atoms with Gasteiger partial charge < -0.3 is 0 Å². The van der Waals surface area contributed by atoms with Gasteiger partial charge in [0.25, 0.3) is 0 Å². The molecule has 1 aromatic rings. The van der Waals surface area contributed by atoms with Crippen molar-refractivity contribution in [3.8, 4) is 0 Å². The van der Waals surface area contributed by atoms with Crippen molar-refractivity contribution in [2.45, 2.75) is 16.6 Å². The number of carbonyl (C=O) groups excluding carboxylic acids is 1. The molecule has 0 aliphatic heterocycles. The second-order valence-electron chi connectivity index (χ2n) is 4.32. The van der Waals surface area contributed by atoms with E-state index >= 15 is 0 Å². The third-order valence-electron chi connectivity index (χ3n) is 2.94. The van der Waals surface area contributed by atoms with Crippen LogP contribution in [0.3, 0.4) is 0 Å². The van der Waals surface area contributed by atoms with Gasteiger partial charge in [0, 0.05) is 0 Å². The number of carbonyl (C=O) groups is 1. The van der Waals surface area contributed by atoms with E-state index in [2.05, 4.69) is 42.4 Å². The number of amides is 1. The van der Waals surface area contributed by atoms with Crippen LogP contribution in [0.2, 0.25) is 0 Å². The molecular formula is C12H12Br2N2O.